The fraction of sp³-hybridized carbons (Fsp3) is 0.375. The highest BCUT2D eigenvalue weighted by Crippen LogP contribution is 2.22. The maximum atomic E-state index is 12.0. The zero-order valence-corrected chi connectivity index (χ0v) is 12.1. The van der Waals surface area contributed by atoms with Crippen molar-refractivity contribution in [3.05, 3.63) is 53.4 Å². The molecule has 22 heavy (non-hydrogen) atoms. The molecule has 2 unspecified atom stereocenters. The normalized spacial score (nSPS) is 19.0. The second-order valence-electron chi connectivity index (χ2n) is 5.37. The van der Waals surface area contributed by atoms with E-state index < -0.39 is 6.10 Å². The van der Waals surface area contributed by atoms with Crippen LogP contribution in [0, 0.1) is 5.92 Å². The maximum Gasteiger partial charge on any atom is 0.273 e. The van der Waals surface area contributed by atoms with E-state index in [4.69, 9.17) is 9.26 Å². The van der Waals surface area contributed by atoms with Gasteiger partial charge in [-0.3, -0.25) is 4.79 Å². The van der Waals surface area contributed by atoms with Gasteiger partial charge in [0.15, 0.2) is 11.5 Å². The standard InChI is InChI=1S/C16H18N2O4/c19-15(12-4-2-1-3-5-12)14-8-13(18-22-14)16(20)17-9-11-6-7-21-10-11/h1-5,8,11,15,19H,6-7,9-10H2,(H,17,20). The summed E-state index contributed by atoms with van der Waals surface area (Å²) in [5.74, 6) is 0.299. The summed E-state index contributed by atoms with van der Waals surface area (Å²) in [6.07, 6.45) is 0.0235. The van der Waals surface area contributed by atoms with Gasteiger partial charge < -0.3 is 19.7 Å². The highest BCUT2D eigenvalue weighted by Gasteiger charge is 2.21. The summed E-state index contributed by atoms with van der Waals surface area (Å²) >= 11 is 0. The number of ether oxygens (including phenoxy) is 1. The number of benzene rings is 1. The molecule has 0 bridgehead atoms. The summed E-state index contributed by atoms with van der Waals surface area (Å²) < 4.78 is 10.3. The van der Waals surface area contributed by atoms with Crippen LogP contribution in [0.25, 0.3) is 0 Å². The minimum Gasteiger partial charge on any atom is -0.381 e. The number of amides is 1. The van der Waals surface area contributed by atoms with Crippen molar-refractivity contribution in [3.63, 3.8) is 0 Å². The number of rotatable bonds is 5. The molecule has 6 heteroatoms. The number of hydrogen-bond acceptors (Lipinski definition) is 5. The van der Waals surface area contributed by atoms with E-state index in [-0.39, 0.29) is 17.4 Å². The molecule has 2 N–H and O–H groups in total. The fourth-order valence-electron chi connectivity index (χ4n) is 2.40. The molecule has 0 aliphatic carbocycles. The lowest BCUT2D eigenvalue weighted by Crippen LogP contribution is -2.29. The first kappa shape index (κ1) is 14.7. The highest BCUT2D eigenvalue weighted by atomic mass is 16.5. The minimum atomic E-state index is -0.932. The summed E-state index contributed by atoms with van der Waals surface area (Å²) in [5, 5.41) is 16.7. The number of nitrogens with zero attached hydrogens (tertiary/aromatic N) is 1. The Morgan fingerprint density at radius 3 is 2.95 bits per heavy atom. The number of aliphatic hydroxyl groups is 1. The first-order chi connectivity index (χ1) is 10.7. The first-order valence-electron chi connectivity index (χ1n) is 7.29. The van der Waals surface area contributed by atoms with E-state index in [0.29, 0.717) is 24.6 Å². The zero-order valence-electron chi connectivity index (χ0n) is 12.1. The van der Waals surface area contributed by atoms with Crippen LogP contribution < -0.4 is 5.32 Å². The predicted molar refractivity (Wildman–Crippen MR) is 78.3 cm³/mol. The molecule has 2 atom stereocenters. The van der Waals surface area contributed by atoms with Crippen molar-refractivity contribution in [1.29, 1.82) is 0 Å². The van der Waals surface area contributed by atoms with Gasteiger partial charge in [0.1, 0.15) is 6.10 Å². The Bertz CT molecular complexity index is 620. The van der Waals surface area contributed by atoms with Gasteiger partial charge in [-0.05, 0) is 12.0 Å². The average molecular weight is 302 g/mol. The van der Waals surface area contributed by atoms with Crippen LogP contribution in [0.3, 0.4) is 0 Å². The molecule has 0 radical (unpaired) electrons. The molecule has 2 aromatic rings. The molecule has 1 aliphatic heterocycles. The molecule has 0 spiro atoms. The Labute approximate surface area is 128 Å². The Morgan fingerprint density at radius 1 is 1.41 bits per heavy atom. The predicted octanol–water partition coefficient (Wildman–Crippen LogP) is 1.52. The smallest absolute Gasteiger partial charge is 0.273 e. The third-order valence-electron chi connectivity index (χ3n) is 3.72. The third-order valence-corrected chi connectivity index (χ3v) is 3.72. The average Bonchev–Trinajstić information content (AvgIpc) is 3.24. The van der Waals surface area contributed by atoms with Crippen molar-refractivity contribution in [2.45, 2.75) is 12.5 Å². The molecule has 1 saturated heterocycles. The molecule has 0 saturated carbocycles. The molecular formula is C16H18N2O4. The second-order valence-corrected chi connectivity index (χ2v) is 5.37. The number of nitrogens with one attached hydrogen (secondary N) is 1. The quantitative estimate of drug-likeness (QED) is 0.875. The Morgan fingerprint density at radius 2 is 2.23 bits per heavy atom. The summed E-state index contributed by atoms with van der Waals surface area (Å²) in [6, 6.07) is 10.6. The number of aromatic nitrogens is 1. The molecule has 1 aromatic heterocycles. The summed E-state index contributed by atoms with van der Waals surface area (Å²) in [7, 11) is 0. The maximum absolute atomic E-state index is 12.0. The van der Waals surface area contributed by atoms with E-state index in [9.17, 15) is 9.90 Å². The molecule has 1 aliphatic rings. The van der Waals surface area contributed by atoms with Crippen molar-refractivity contribution >= 4 is 5.91 Å². The number of carbonyl (C=O) groups is 1. The fourth-order valence-corrected chi connectivity index (χ4v) is 2.40. The largest absolute Gasteiger partial charge is 0.381 e. The van der Waals surface area contributed by atoms with Crippen molar-refractivity contribution in [2.75, 3.05) is 19.8 Å². The molecule has 1 aromatic carbocycles. The summed E-state index contributed by atoms with van der Waals surface area (Å²) in [4.78, 5) is 12.0. The van der Waals surface area contributed by atoms with Gasteiger partial charge in [0.05, 0.1) is 6.61 Å². The lowest BCUT2D eigenvalue weighted by Gasteiger charge is -2.07. The summed E-state index contributed by atoms with van der Waals surface area (Å²) in [5.41, 5.74) is 0.859. The second kappa shape index (κ2) is 6.72. The van der Waals surface area contributed by atoms with Crippen LogP contribution in [0.2, 0.25) is 0 Å². The highest BCUT2D eigenvalue weighted by molar-refractivity contribution is 5.92. The van der Waals surface area contributed by atoms with Gasteiger partial charge in [0, 0.05) is 25.1 Å². The van der Waals surface area contributed by atoms with E-state index in [1.165, 1.54) is 6.07 Å². The van der Waals surface area contributed by atoms with Gasteiger partial charge in [0.2, 0.25) is 0 Å². The molecule has 6 nitrogen and oxygen atoms in total. The molecule has 2 heterocycles. The van der Waals surface area contributed by atoms with Gasteiger partial charge in [-0.25, -0.2) is 0 Å². The summed E-state index contributed by atoms with van der Waals surface area (Å²) in [6.45, 7) is 1.98. The number of aliphatic hydroxyl groups excluding tert-OH is 1. The van der Waals surface area contributed by atoms with Crippen LogP contribution in [-0.4, -0.2) is 35.9 Å². The lowest BCUT2D eigenvalue weighted by atomic mass is 10.1. The van der Waals surface area contributed by atoms with Crippen LogP contribution in [0.4, 0.5) is 0 Å². The Balaban J connectivity index is 1.61. The first-order valence-corrected chi connectivity index (χ1v) is 7.29. The van der Waals surface area contributed by atoms with Gasteiger partial charge in [-0.2, -0.15) is 0 Å². The lowest BCUT2D eigenvalue weighted by molar-refractivity contribution is 0.0935. The third kappa shape index (κ3) is 3.35. The van der Waals surface area contributed by atoms with Gasteiger partial charge in [-0.15, -0.1) is 0 Å². The van der Waals surface area contributed by atoms with E-state index >= 15 is 0 Å². The Hall–Kier alpha value is -2.18. The van der Waals surface area contributed by atoms with E-state index in [1.54, 1.807) is 12.1 Å². The van der Waals surface area contributed by atoms with Crippen molar-refractivity contribution < 1.29 is 19.2 Å². The van der Waals surface area contributed by atoms with Crippen molar-refractivity contribution in [3.8, 4) is 0 Å². The minimum absolute atomic E-state index is 0.170. The van der Waals surface area contributed by atoms with Crippen LogP contribution in [0.15, 0.2) is 40.9 Å². The van der Waals surface area contributed by atoms with E-state index in [1.807, 2.05) is 18.2 Å². The van der Waals surface area contributed by atoms with Gasteiger partial charge in [-0.1, -0.05) is 35.5 Å². The molecular weight excluding hydrogens is 284 g/mol. The van der Waals surface area contributed by atoms with E-state index in [0.717, 1.165) is 13.0 Å². The van der Waals surface area contributed by atoms with Crippen molar-refractivity contribution in [2.24, 2.45) is 5.92 Å². The number of hydrogen-bond donors (Lipinski definition) is 2. The number of carbonyl (C=O) groups excluding carboxylic acids is 1. The van der Waals surface area contributed by atoms with Crippen LogP contribution >= 0.6 is 0 Å². The van der Waals surface area contributed by atoms with Crippen LogP contribution in [0.5, 0.6) is 0 Å². The van der Waals surface area contributed by atoms with Crippen molar-refractivity contribution in [1.82, 2.24) is 10.5 Å². The molecule has 3 rings (SSSR count). The van der Waals surface area contributed by atoms with E-state index in [2.05, 4.69) is 10.5 Å². The topological polar surface area (TPSA) is 84.6 Å². The van der Waals surface area contributed by atoms with Gasteiger partial charge in [0.25, 0.3) is 5.91 Å². The molecule has 1 amide bonds. The van der Waals surface area contributed by atoms with Gasteiger partial charge >= 0.3 is 0 Å². The zero-order chi connectivity index (χ0) is 15.4. The SMILES string of the molecule is O=C(NCC1CCOC1)c1cc(C(O)c2ccccc2)on1. The van der Waals surface area contributed by atoms with Crippen LogP contribution in [-0.2, 0) is 4.74 Å². The van der Waals surface area contributed by atoms with Crippen LogP contribution in [0.1, 0.15) is 34.3 Å². The molecule has 116 valence electrons. The monoisotopic (exact) mass is 302 g/mol. The Kier molecular flexibility index (Phi) is 4.50. The molecule has 1 fully saturated rings.